The van der Waals surface area contributed by atoms with E-state index in [1.807, 2.05) is 30.3 Å². The van der Waals surface area contributed by atoms with Crippen molar-refractivity contribution in [2.24, 2.45) is 0 Å². The number of thiocarbonyl (C=S) groups is 1. The van der Waals surface area contributed by atoms with Gasteiger partial charge in [-0.2, -0.15) is 0 Å². The SMILES string of the molecule is CC(C)OC(=O)c1cc(NC(=S)C2=C(c3ccccc3)OCCS2)ccc1Cl. The molecular formula is C21H20ClNO3S2. The molecule has 1 aliphatic rings. The van der Waals surface area contributed by atoms with Gasteiger partial charge in [0.05, 0.1) is 28.2 Å². The number of nitrogens with one attached hydrogen (secondary N) is 1. The molecule has 2 aromatic rings. The van der Waals surface area contributed by atoms with Crippen LogP contribution in [0.2, 0.25) is 5.02 Å². The number of hydrogen-bond donors (Lipinski definition) is 1. The Hall–Kier alpha value is -2.02. The van der Waals surface area contributed by atoms with Gasteiger partial charge in [0.25, 0.3) is 0 Å². The van der Waals surface area contributed by atoms with Gasteiger partial charge in [0, 0.05) is 17.0 Å². The van der Waals surface area contributed by atoms with E-state index in [1.165, 1.54) is 0 Å². The van der Waals surface area contributed by atoms with Crippen molar-refractivity contribution in [3.8, 4) is 0 Å². The lowest BCUT2D eigenvalue weighted by Crippen LogP contribution is -2.18. The number of carbonyl (C=O) groups excluding carboxylic acids is 1. The normalized spacial score (nSPS) is 13.9. The molecule has 4 nitrogen and oxygen atoms in total. The lowest BCUT2D eigenvalue weighted by atomic mass is 10.1. The van der Waals surface area contributed by atoms with Crippen molar-refractivity contribution < 1.29 is 14.3 Å². The number of thioether (sulfide) groups is 1. The van der Waals surface area contributed by atoms with E-state index in [0.29, 0.717) is 27.9 Å². The summed E-state index contributed by atoms with van der Waals surface area (Å²) >= 11 is 13.4. The summed E-state index contributed by atoms with van der Waals surface area (Å²) in [5.74, 6) is 1.12. The molecule has 0 saturated heterocycles. The minimum atomic E-state index is -0.464. The van der Waals surface area contributed by atoms with Crippen LogP contribution in [0.25, 0.3) is 5.76 Å². The molecule has 2 aromatic carbocycles. The van der Waals surface area contributed by atoms with Gasteiger partial charge >= 0.3 is 5.97 Å². The molecule has 0 amide bonds. The average molecular weight is 434 g/mol. The van der Waals surface area contributed by atoms with Gasteiger partial charge in [-0.1, -0.05) is 54.2 Å². The standard InChI is InChI=1S/C21H20ClNO3S2/c1-13(2)26-21(24)16-12-15(8-9-17(16)22)23-20(27)19-18(25-10-11-28-19)14-6-4-3-5-7-14/h3-9,12-13H,10-11H2,1-2H3,(H,23,27). The summed E-state index contributed by atoms with van der Waals surface area (Å²) in [6, 6.07) is 14.9. The zero-order valence-electron chi connectivity index (χ0n) is 15.5. The molecule has 0 aliphatic carbocycles. The van der Waals surface area contributed by atoms with Crippen molar-refractivity contribution in [1.29, 1.82) is 0 Å². The second-order valence-electron chi connectivity index (χ2n) is 6.32. The predicted octanol–water partition coefficient (Wildman–Crippen LogP) is 5.78. The average Bonchev–Trinajstić information content (AvgIpc) is 2.69. The van der Waals surface area contributed by atoms with Crippen LogP contribution in [0.3, 0.4) is 0 Å². The topological polar surface area (TPSA) is 47.6 Å². The van der Waals surface area contributed by atoms with E-state index >= 15 is 0 Å². The molecule has 1 N–H and O–H groups in total. The number of carbonyl (C=O) groups is 1. The molecule has 3 rings (SSSR count). The molecule has 0 atom stereocenters. The number of anilines is 1. The fraction of sp³-hybridized carbons (Fsp3) is 0.238. The first kappa shape index (κ1) is 20.7. The highest BCUT2D eigenvalue weighted by Crippen LogP contribution is 2.34. The number of ether oxygens (including phenoxy) is 2. The fourth-order valence-electron chi connectivity index (χ4n) is 2.62. The molecule has 0 radical (unpaired) electrons. The number of rotatable bonds is 5. The van der Waals surface area contributed by atoms with Gasteiger partial charge in [0.15, 0.2) is 0 Å². The first-order chi connectivity index (χ1) is 13.5. The Morgan fingerprint density at radius 2 is 2.00 bits per heavy atom. The first-order valence-corrected chi connectivity index (χ1v) is 10.6. The van der Waals surface area contributed by atoms with Gasteiger partial charge in [0.1, 0.15) is 10.7 Å². The third-order valence-electron chi connectivity index (χ3n) is 3.81. The van der Waals surface area contributed by atoms with Crippen LogP contribution in [0.1, 0.15) is 29.8 Å². The third-order valence-corrected chi connectivity index (χ3v) is 5.63. The van der Waals surface area contributed by atoms with E-state index in [2.05, 4.69) is 5.32 Å². The van der Waals surface area contributed by atoms with Gasteiger partial charge in [-0.25, -0.2) is 4.79 Å². The summed E-state index contributed by atoms with van der Waals surface area (Å²) in [5, 5.41) is 3.53. The molecule has 1 heterocycles. The van der Waals surface area contributed by atoms with Crippen LogP contribution in [-0.2, 0) is 9.47 Å². The Bertz CT molecular complexity index is 913. The van der Waals surface area contributed by atoms with Crippen molar-refractivity contribution in [3.05, 3.63) is 69.6 Å². The maximum atomic E-state index is 12.3. The number of hydrogen-bond acceptors (Lipinski definition) is 5. The smallest absolute Gasteiger partial charge is 0.339 e. The van der Waals surface area contributed by atoms with Crippen LogP contribution >= 0.6 is 35.6 Å². The summed E-state index contributed by atoms with van der Waals surface area (Å²) in [6.07, 6.45) is -0.226. The Labute approximate surface area is 179 Å². The number of esters is 1. The number of benzene rings is 2. The van der Waals surface area contributed by atoms with Crippen molar-refractivity contribution in [2.75, 3.05) is 17.7 Å². The van der Waals surface area contributed by atoms with E-state index in [1.54, 1.807) is 43.8 Å². The quantitative estimate of drug-likeness (QED) is 0.476. The molecule has 28 heavy (non-hydrogen) atoms. The van der Waals surface area contributed by atoms with Crippen molar-refractivity contribution >= 4 is 58.0 Å². The second-order valence-corrected chi connectivity index (χ2v) is 8.24. The minimum absolute atomic E-state index is 0.226. The molecule has 0 unspecified atom stereocenters. The Morgan fingerprint density at radius 1 is 1.25 bits per heavy atom. The maximum Gasteiger partial charge on any atom is 0.339 e. The van der Waals surface area contributed by atoms with Crippen molar-refractivity contribution in [3.63, 3.8) is 0 Å². The van der Waals surface area contributed by atoms with Crippen LogP contribution in [0.4, 0.5) is 5.69 Å². The van der Waals surface area contributed by atoms with Crippen LogP contribution in [0.15, 0.2) is 53.4 Å². The fourth-order valence-corrected chi connectivity index (χ4v) is 4.06. The Kier molecular flexibility index (Phi) is 6.99. The van der Waals surface area contributed by atoms with E-state index in [4.69, 9.17) is 33.3 Å². The highest BCUT2D eigenvalue weighted by molar-refractivity contribution is 8.05. The molecule has 0 spiro atoms. The Balaban J connectivity index is 1.86. The summed E-state index contributed by atoms with van der Waals surface area (Å²) < 4.78 is 11.1. The van der Waals surface area contributed by atoms with Crippen LogP contribution < -0.4 is 5.32 Å². The van der Waals surface area contributed by atoms with Crippen LogP contribution in [0, 0.1) is 0 Å². The highest BCUT2D eigenvalue weighted by atomic mass is 35.5. The molecule has 0 fully saturated rings. The molecule has 146 valence electrons. The van der Waals surface area contributed by atoms with Gasteiger partial charge < -0.3 is 14.8 Å². The molecule has 1 aliphatic heterocycles. The van der Waals surface area contributed by atoms with Gasteiger partial charge in [-0.05, 0) is 32.0 Å². The van der Waals surface area contributed by atoms with Crippen LogP contribution in [-0.4, -0.2) is 29.4 Å². The summed E-state index contributed by atoms with van der Waals surface area (Å²) in [7, 11) is 0. The van der Waals surface area contributed by atoms with Gasteiger partial charge in [-0.3, -0.25) is 0 Å². The van der Waals surface area contributed by atoms with Crippen LogP contribution in [0.5, 0.6) is 0 Å². The zero-order chi connectivity index (χ0) is 20.1. The second kappa shape index (κ2) is 9.45. The van der Waals surface area contributed by atoms with E-state index in [9.17, 15) is 4.79 Å². The third kappa shape index (κ3) is 5.07. The lowest BCUT2D eigenvalue weighted by Gasteiger charge is -2.22. The van der Waals surface area contributed by atoms with E-state index < -0.39 is 5.97 Å². The largest absolute Gasteiger partial charge is 0.491 e. The molecule has 0 aromatic heterocycles. The summed E-state index contributed by atoms with van der Waals surface area (Å²) in [5.41, 5.74) is 1.94. The monoisotopic (exact) mass is 433 g/mol. The number of halogens is 1. The van der Waals surface area contributed by atoms with E-state index in [-0.39, 0.29) is 6.10 Å². The molecule has 0 bridgehead atoms. The maximum absolute atomic E-state index is 12.3. The zero-order valence-corrected chi connectivity index (χ0v) is 17.9. The van der Waals surface area contributed by atoms with Gasteiger partial charge in [-0.15, -0.1) is 11.8 Å². The lowest BCUT2D eigenvalue weighted by molar-refractivity contribution is 0.0378. The Morgan fingerprint density at radius 3 is 2.71 bits per heavy atom. The summed E-state index contributed by atoms with van der Waals surface area (Å²) in [6.45, 7) is 4.22. The van der Waals surface area contributed by atoms with Crippen molar-refractivity contribution in [1.82, 2.24) is 0 Å². The van der Waals surface area contributed by atoms with Crippen molar-refractivity contribution in [2.45, 2.75) is 20.0 Å². The predicted molar refractivity (Wildman–Crippen MR) is 120 cm³/mol. The molecular weight excluding hydrogens is 414 g/mol. The summed E-state index contributed by atoms with van der Waals surface area (Å²) in [4.78, 5) is 13.7. The minimum Gasteiger partial charge on any atom is -0.491 e. The molecule has 0 saturated carbocycles. The molecule has 7 heteroatoms. The van der Waals surface area contributed by atoms with E-state index in [0.717, 1.165) is 22.0 Å². The highest BCUT2D eigenvalue weighted by Gasteiger charge is 2.21. The first-order valence-electron chi connectivity index (χ1n) is 8.83. The van der Waals surface area contributed by atoms with Gasteiger partial charge in [0.2, 0.25) is 0 Å².